The van der Waals surface area contributed by atoms with Gasteiger partial charge < -0.3 is 5.32 Å². The largest absolute Gasteiger partial charge is 0.340 e. The first-order valence-electron chi connectivity index (χ1n) is 7.47. The van der Waals surface area contributed by atoms with Crippen molar-refractivity contribution in [1.82, 2.24) is 15.5 Å². The van der Waals surface area contributed by atoms with Gasteiger partial charge in [-0.25, -0.2) is 0 Å². The Hall–Kier alpha value is -1.93. The van der Waals surface area contributed by atoms with Crippen LogP contribution >= 0.6 is 23.1 Å². The summed E-state index contributed by atoms with van der Waals surface area (Å²) in [5.41, 5.74) is 1.54. The molecule has 0 unspecified atom stereocenters. The molecule has 1 atom stereocenters. The van der Waals surface area contributed by atoms with Crippen molar-refractivity contribution < 1.29 is 9.59 Å². The highest BCUT2D eigenvalue weighted by molar-refractivity contribution is 7.98. The maximum atomic E-state index is 12.5. The predicted octanol–water partition coefficient (Wildman–Crippen LogP) is 2.65. The van der Waals surface area contributed by atoms with Crippen molar-refractivity contribution in [3.8, 4) is 0 Å². The van der Waals surface area contributed by atoms with Crippen LogP contribution in [0.3, 0.4) is 0 Å². The number of thioether (sulfide) groups is 1. The van der Waals surface area contributed by atoms with Gasteiger partial charge in [0.2, 0.25) is 11.0 Å². The molecular weight excluding hydrogens is 344 g/mol. The molecule has 0 aliphatic heterocycles. The van der Waals surface area contributed by atoms with Gasteiger partial charge in [-0.05, 0) is 44.4 Å². The molecule has 0 spiro atoms. The Bertz CT molecular complexity index is 718. The standard InChI is InChI=1S/C16H20N4O2S2/c1-10-5-4-6-12(9-10)14(21)17-13(7-8-23-3)15(22)18-16-20-19-11(2)24-16/h4-6,9,13H,7-8H2,1-3H3,(H,17,21)(H,18,20,22)/t13-/m0/s1. The summed E-state index contributed by atoms with van der Waals surface area (Å²) in [6.07, 6.45) is 2.51. The molecule has 128 valence electrons. The summed E-state index contributed by atoms with van der Waals surface area (Å²) in [5.74, 6) is 0.232. The van der Waals surface area contributed by atoms with Crippen LogP contribution in [0.4, 0.5) is 5.13 Å². The highest BCUT2D eigenvalue weighted by atomic mass is 32.2. The fraction of sp³-hybridized carbons (Fsp3) is 0.375. The first-order valence-corrected chi connectivity index (χ1v) is 9.68. The maximum absolute atomic E-state index is 12.5. The third-order valence-electron chi connectivity index (χ3n) is 3.27. The highest BCUT2D eigenvalue weighted by Gasteiger charge is 2.22. The number of aryl methyl sites for hydroxylation is 2. The summed E-state index contributed by atoms with van der Waals surface area (Å²) in [5, 5.41) is 14.5. The normalized spacial score (nSPS) is 11.8. The molecule has 0 aliphatic carbocycles. The van der Waals surface area contributed by atoms with Crippen LogP contribution < -0.4 is 10.6 Å². The number of carbonyl (C=O) groups is 2. The summed E-state index contributed by atoms with van der Waals surface area (Å²) in [6, 6.07) is 6.67. The van der Waals surface area contributed by atoms with Crippen molar-refractivity contribution in [3.05, 3.63) is 40.4 Å². The zero-order valence-electron chi connectivity index (χ0n) is 13.8. The third-order valence-corrected chi connectivity index (χ3v) is 4.67. The van der Waals surface area contributed by atoms with Gasteiger partial charge in [0.1, 0.15) is 11.0 Å². The maximum Gasteiger partial charge on any atom is 0.251 e. The van der Waals surface area contributed by atoms with Crippen molar-refractivity contribution in [2.45, 2.75) is 26.3 Å². The van der Waals surface area contributed by atoms with Crippen LogP contribution in [-0.2, 0) is 4.79 Å². The number of nitrogens with zero attached hydrogens (tertiary/aromatic N) is 2. The smallest absolute Gasteiger partial charge is 0.251 e. The second-order valence-electron chi connectivity index (χ2n) is 5.29. The summed E-state index contributed by atoms with van der Waals surface area (Å²) in [4.78, 5) is 24.9. The van der Waals surface area contributed by atoms with Crippen LogP contribution in [0.15, 0.2) is 24.3 Å². The van der Waals surface area contributed by atoms with Crippen LogP contribution in [0.2, 0.25) is 0 Å². The number of amides is 2. The van der Waals surface area contributed by atoms with Crippen molar-refractivity contribution in [2.24, 2.45) is 0 Å². The van der Waals surface area contributed by atoms with Crippen LogP contribution in [0, 0.1) is 13.8 Å². The third kappa shape index (κ3) is 5.31. The Kier molecular flexibility index (Phi) is 6.74. The minimum atomic E-state index is -0.616. The molecule has 0 saturated carbocycles. The SMILES string of the molecule is CSCC[C@H](NC(=O)c1cccc(C)c1)C(=O)Nc1nnc(C)s1. The fourth-order valence-corrected chi connectivity index (χ4v) is 3.14. The van der Waals surface area contributed by atoms with Crippen molar-refractivity contribution >= 4 is 40.0 Å². The molecule has 2 N–H and O–H groups in total. The summed E-state index contributed by atoms with van der Waals surface area (Å²) < 4.78 is 0. The average molecular weight is 364 g/mol. The molecule has 2 aromatic rings. The molecule has 0 saturated heterocycles. The molecule has 1 aromatic heterocycles. The first kappa shape index (κ1) is 18.4. The minimum absolute atomic E-state index is 0.256. The molecule has 6 nitrogen and oxygen atoms in total. The Morgan fingerprint density at radius 3 is 2.71 bits per heavy atom. The molecule has 24 heavy (non-hydrogen) atoms. The van der Waals surface area contributed by atoms with E-state index in [1.807, 2.05) is 32.2 Å². The van der Waals surface area contributed by atoms with Gasteiger partial charge in [-0.1, -0.05) is 29.0 Å². The molecule has 0 radical (unpaired) electrons. The van der Waals surface area contributed by atoms with E-state index >= 15 is 0 Å². The molecule has 1 aromatic carbocycles. The van der Waals surface area contributed by atoms with E-state index in [-0.39, 0.29) is 11.8 Å². The van der Waals surface area contributed by atoms with Crippen LogP contribution in [0.5, 0.6) is 0 Å². The van der Waals surface area contributed by atoms with Gasteiger partial charge in [-0.15, -0.1) is 10.2 Å². The van der Waals surface area contributed by atoms with E-state index in [1.54, 1.807) is 23.9 Å². The van der Waals surface area contributed by atoms with Gasteiger partial charge in [0.25, 0.3) is 5.91 Å². The van der Waals surface area contributed by atoms with E-state index in [9.17, 15) is 9.59 Å². The Morgan fingerprint density at radius 2 is 2.08 bits per heavy atom. The van der Waals surface area contributed by atoms with Gasteiger partial charge >= 0.3 is 0 Å². The number of anilines is 1. The predicted molar refractivity (Wildman–Crippen MR) is 98.7 cm³/mol. The summed E-state index contributed by atoms with van der Waals surface area (Å²) in [6.45, 7) is 3.74. The zero-order chi connectivity index (χ0) is 17.5. The monoisotopic (exact) mass is 364 g/mol. The molecule has 0 fully saturated rings. The van der Waals surface area contributed by atoms with Gasteiger partial charge in [0.15, 0.2) is 0 Å². The lowest BCUT2D eigenvalue weighted by molar-refractivity contribution is -0.118. The number of hydrogen-bond acceptors (Lipinski definition) is 6. The second-order valence-corrected chi connectivity index (χ2v) is 7.46. The van der Waals surface area contributed by atoms with Crippen LogP contribution in [0.25, 0.3) is 0 Å². The molecule has 0 bridgehead atoms. The number of rotatable bonds is 7. The Labute approximate surface area is 149 Å². The molecule has 2 amide bonds. The number of carbonyl (C=O) groups excluding carboxylic acids is 2. The number of benzene rings is 1. The average Bonchev–Trinajstić information content (AvgIpc) is 2.96. The fourth-order valence-electron chi connectivity index (χ4n) is 2.07. The quantitative estimate of drug-likeness (QED) is 0.789. The molecule has 8 heteroatoms. The summed E-state index contributed by atoms with van der Waals surface area (Å²) >= 11 is 2.93. The van der Waals surface area contributed by atoms with E-state index < -0.39 is 6.04 Å². The number of aromatic nitrogens is 2. The van der Waals surface area contributed by atoms with E-state index in [0.29, 0.717) is 17.1 Å². The molecule has 0 aliphatic rings. The second kappa shape index (κ2) is 8.79. The van der Waals surface area contributed by atoms with E-state index in [0.717, 1.165) is 16.3 Å². The number of nitrogens with one attached hydrogen (secondary N) is 2. The Balaban J connectivity index is 2.06. The molecular formula is C16H20N4O2S2. The first-order chi connectivity index (χ1) is 11.5. The van der Waals surface area contributed by atoms with E-state index in [2.05, 4.69) is 20.8 Å². The minimum Gasteiger partial charge on any atom is -0.340 e. The van der Waals surface area contributed by atoms with Gasteiger partial charge in [0, 0.05) is 5.56 Å². The summed E-state index contributed by atoms with van der Waals surface area (Å²) in [7, 11) is 0. The molecule has 2 rings (SSSR count). The van der Waals surface area contributed by atoms with Crippen molar-refractivity contribution in [3.63, 3.8) is 0 Å². The van der Waals surface area contributed by atoms with Crippen LogP contribution in [0.1, 0.15) is 27.3 Å². The Morgan fingerprint density at radius 1 is 1.29 bits per heavy atom. The van der Waals surface area contributed by atoms with Gasteiger partial charge in [-0.2, -0.15) is 11.8 Å². The van der Waals surface area contributed by atoms with E-state index in [1.165, 1.54) is 11.3 Å². The molecule has 1 heterocycles. The lowest BCUT2D eigenvalue weighted by Crippen LogP contribution is -2.44. The topological polar surface area (TPSA) is 84.0 Å². The van der Waals surface area contributed by atoms with Crippen molar-refractivity contribution in [2.75, 3.05) is 17.3 Å². The van der Waals surface area contributed by atoms with E-state index in [4.69, 9.17) is 0 Å². The number of hydrogen-bond donors (Lipinski definition) is 2. The van der Waals surface area contributed by atoms with Crippen molar-refractivity contribution in [1.29, 1.82) is 0 Å². The highest BCUT2D eigenvalue weighted by Crippen LogP contribution is 2.15. The van der Waals surface area contributed by atoms with Gasteiger partial charge in [-0.3, -0.25) is 14.9 Å². The van der Waals surface area contributed by atoms with Crippen LogP contribution in [-0.4, -0.2) is 40.1 Å². The van der Waals surface area contributed by atoms with Gasteiger partial charge in [0.05, 0.1) is 0 Å². The lowest BCUT2D eigenvalue weighted by Gasteiger charge is -2.17. The zero-order valence-corrected chi connectivity index (χ0v) is 15.5. The lowest BCUT2D eigenvalue weighted by atomic mass is 10.1.